The second-order valence-corrected chi connectivity index (χ2v) is 7.18. The van der Waals surface area contributed by atoms with Crippen molar-refractivity contribution in [3.8, 4) is 0 Å². The van der Waals surface area contributed by atoms with Crippen molar-refractivity contribution >= 4 is 27.3 Å². The number of rotatable bonds is 3. The molecule has 0 radical (unpaired) electrons. The standard InChI is InChI=1S/C11H15ClN2O4S/c1-14-4-7(12)3-9(14)11(15)13-8-5-19(16,17)6-10(8)18-2/h3-4,8,10H,5-6H2,1-2H3,(H,13,15)/t8-,10-/m1/s1. The number of methoxy groups -OCH3 is 1. The lowest BCUT2D eigenvalue weighted by atomic mass is 10.2. The second-order valence-electron chi connectivity index (χ2n) is 4.59. The summed E-state index contributed by atoms with van der Waals surface area (Å²) in [6.45, 7) is 0. The van der Waals surface area contributed by atoms with Crippen molar-refractivity contribution in [1.29, 1.82) is 0 Å². The SMILES string of the molecule is CO[C@@H]1CS(=O)(=O)C[C@H]1NC(=O)c1cc(Cl)cn1C. The van der Waals surface area contributed by atoms with Gasteiger partial charge in [0.2, 0.25) is 0 Å². The summed E-state index contributed by atoms with van der Waals surface area (Å²) in [4.78, 5) is 12.1. The summed E-state index contributed by atoms with van der Waals surface area (Å²) in [6, 6.07) is 0.999. The third-order valence-electron chi connectivity index (χ3n) is 3.12. The molecule has 1 aliphatic rings. The lowest BCUT2D eigenvalue weighted by molar-refractivity contribution is 0.0780. The first-order valence-electron chi connectivity index (χ1n) is 5.68. The number of aromatic nitrogens is 1. The zero-order valence-electron chi connectivity index (χ0n) is 10.6. The molecule has 1 amide bonds. The van der Waals surface area contributed by atoms with Crippen LogP contribution in [-0.4, -0.2) is 49.7 Å². The first kappa shape index (κ1) is 14.4. The van der Waals surface area contributed by atoms with Crippen molar-refractivity contribution in [2.75, 3.05) is 18.6 Å². The van der Waals surface area contributed by atoms with Gasteiger partial charge in [-0.05, 0) is 6.07 Å². The van der Waals surface area contributed by atoms with Gasteiger partial charge in [0.15, 0.2) is 9.84 Å². The van der Waals surface area contributed by atoms with Gasteiger partial charge < -0.3 is 14.6 Å². The summed E-state index contributed by atoms with van der Waals surface area (Å²) >= 11 is 5.81. The number of carbonyl (C=O) groups excluding carboxylic acids is 1. The fraction of sp³-hybridized carbons (Fsp3) is 0.545. The van der Waals surface area contributed by atoms with Crippen LogP contribution in [-0.2, 0) is 21.6 Å². The molecule has 2 rings (SSSR count). The van der Waals surface area contributed by atoms with Crippen LogP contribution >= 0.6 is 11.6 Å². The van der Waals surface area contributed by atoms with E-state index < -0.39 is 22.0 Å². The predicted octanol–water partition coefficient (Wildman–Crippen LogP) is 0.220. The van der Waals surface area contributed by atoms with Crippen LogP contribution in [0.5, 0.6) is 0 Å². The molecule has 1 aliphatic heterocycles. The number of hydrogen-bond donors (Lipinski definition) is 1. The Morgan fingerprint density at radius 2 is 2.21 bits per heavy atom. The van der Waals surface area contributed by atoms with Crippen LogP contribution in [0.2, 0.25) is 5.02 Å². The molecule has 19 heavy (non-hydrogen) atoms. The minimum Gasteiger partial charge on any atom is -0.378 e. The van der Waals surface area contributed by atoms with E-state index in [0.29, 0.717) is 10.7 Å². The van der Waals surface area contributed by atoms with Crippen molar-refractivity contribution in [3.63, 3.8) is 0 Å². The van der Waals surface area contributed by atoms with Crippen LogP contribution in [0.1, 0.15) is 10.5 Å². The third kappa shape index (κ3) is 3.10. The maximum atomic E-state index is 12.1. The first-order chi connectivity index (χ1) is 8.82. The van der Waals surface area contributed by atoms with Gasteiger partial charge in [0.1, 0.15) is 5.69 Å². The fourth-order valence-corrected chi connectivity index (χ4v) is 4.27. The minimum absolute atomic E-state index is 0.0671. The Hall–Kier alpha value is -1.05. The van der Waals surface area contributed by atoms with E-state index in [2.05, 4.69) is 5.32 Å². The molecule has 8 heteroatoms. The molecule has 0 unspecified atom stereocenters. The number of amides is 1. The Morgan fingerprint density at radius 1 is 1.53 bits per heavy atom. The molecule has 0 spiro atoms. The van der Waals surface area contributed by atoms with Gasteiger partial charge in [-0.25, -0.2) is 8.42 Å². The zero-order valence-corrected chi connectivity index (χ0v) is 12.2. The molecule has 1 fully saturated rings. The average molecular weight is 307 g/mol. The van der Waals surface area contributed by atoms with E-state index in [1.165, 1.54) is 13.2 Å². The predicted molar refractivity (Wildman–Crippen MR) is 71.1 cm³/mol. The van der Waals surface area contributed by atoms with E-state index in [0.717, 1.165) is 0 Å². The molecular formula is C11H15ClN2O4S. The fourth-order valence-electron chi connectivity index (χ4n) is 2.17. The molecule has 0 saturated carbocycles. The van der Waals surface area contributed by atoms with Gasteiger partial charge in [0, 0.05) is 20.4 Å². The summed E-state index contributed by atoms with van der Waals surface area (Å²) in [5, 5.41) is 3.14. The lowest BCUT2D eigenvalue weighted by Gasteiger charge is -2.18. The smallest absolute Gasteiger partial charge is 0.268 e. The normalized spacial score (nSPS) is 25.4. The van der Waals surface area contributed by atoms with Gasteiger partial charge in [-0.15, -0.1) is 0 Å². The summed E-state index contributed by atoms with van der Waals surface area (Å²) in [5.41, 5.74) is 0.379. The molecule has 0 aromatic carbocycles. The van der Waals surface area contributed by atoms with E-state index >= 15 is 0 Å². The highest BCUT2D eigenvalue weighted by Gasteiger charge is 2.39. The molecule has 0 aliphatic carbocycles. The van der Waals surface area contributed by atoms with E-state index in [4.69, 9.17) is 16.3 Å². The number of carbonyl (C=O) groups is 1. The van der Waals surface area contributed by atoms with E-state index in [-0.39, 0.29) is 17.4 Å². The molecule has 2 atom stereocenters. The van der Waals surface area contributed by atoms with Gasteiger partial charge in [0.05, 0.1) is 28.7 Å². The number of sulfone groups is 1. The van der Waals surface area contributed by atoms with E-state index in [1.54, 1.807) is 17.8 Å². The summed E-state index contributed by atoms with van der Waals surface area (Å²) in [7, 11) is -0.0330. The Bertz CT molecular complexity index is 596. The van der Waals surface area contributed by atoms with E-state index in [9.17, 15) is 13.2 Å². The first-order valence-corrected chi connectivity index (χ1v) is 7.88. The van der Waals surface area contributed by atoms with Crippen molar-refractivity contribution in [2.24, 2.45) is 7.05 Å². The van der Waals surface area contributed by atoms with E-state index in [1.807, 2.05) is 0 Å². The van der Waals surface area contributed by atoms with Crippen LogP contribution < -0.4 is 5.32 Å². The quantitative estimate of drug-likeness (QED) is 0.866. The third-order valence-corrected chi connectivity index (χ3v) is 5.03. The maximum absolute atomic E-state index is 12.1. The second kappa shape index (κ2) is 5.15. The van der Waals surface area contributed by atoms with Gasteiger partial charge in [-0.3, -0.25) is 4.79 Å². The summed E-state index contributed by atoms with van der Waals surface area (Å²) < 4.78 is 29.8. The topological polar surface area (TPSA) is 77.4 Å². The average Bonchev–Trinajstić information content (AvgIpc) is 2.78. The van der Waals surface area contributed by atoms with Crippen LogP contribution in [0.25, 0.3) is 0 Å². The molecule has 0 bridgehead atoms. The van der Waals surface area contributed by atoms with Crippen LogP contribution in [0.15, 0.2) is 12.3 Å². The molecule has 1 N–H and O–H groups in total. The summed E-state index contributed by atoms with van der Waals surface area (Å²) in [5.74, 6) is -0.531. The van der Waals surface area contributed by atoms with Crippen LogP contribution in [0, 0.1) is 0 Å². The monoisotopic (exact) mass is 306 g/mol. The highest BCUT2D eigenvalue weighted by molar-refractivity contribution is 7.91. The number of aryl methyl sites for hydroxylation is 1. The zero-order chi connectivity index (χ0) is 14.2. The van der Waals surface area contributed by atoms with Gasteiger partial charge in [-0.2, -0.15) is 0 Å². The highest BCUT2D eigenvalue weighted by Crippen LogP contribution is 2.17. The number of halogens is 1. The molecule has 2 heterocycles. The molecular weight excluding hydrogens is 292 g/mol. The molecule has 1 saturated heterocycles. The van der Waals surface area contributed by atoms with Crippen molar-refractivity contribution in [2.45, 2.75) is 12.1 Å². The van der Waals surface area contributed by atoms with Gasteiger partial charge in [-0.1, -0.05) is 11.6 Å². The largest absolute Gasteiger partial charge is 0.378 e. The lowest BCUT2D eigenvalue weighted by Crippen LogP contribution is -2.43. The highest BCUT2D eigenvalue weighted by atomic mass is 35.5. The van der Waals surface area contributed by atoms with Crippen molar-refractivity contribution < 1.29 is 17.9 Å². The van der Waals surface area contributed by atoms with Gasteiger partial charge >= 0.3 is 0 Å². The Morgan fingerprint density at radius 3 is 2.74 bits per heavy atom. The number of nitrogens with zero attached hydrogens (tertiary/aromatic N) is 1. The molecule has 106 valence electrons. The number of ether oxygens (including phenoxy) is 1. The van der Waals surface area contributed by atoms with Crippen molar-refractivity contribution in [1.82, 2.24) is 9.88 Å². The minimum atomic E-state index is -3.16. The Kier molecular flexibility index (Phi) is 3.89. The molecule has 1 aromatic heterocycles. The summed E-state index contributed by atoms with van der Waals surface area (Å²) in [6.07, 6.45) is 1.10. The number of hydrogen-bond acceptors (Lipinski definition) is 4. The number of nitrogens with one attached hydrogen (secondary N) is 1. The molecule has 1 aromatic rings. The van der Waals surface area contributed by atoms with Crippen molar-refractivity contribution in [3.05, 3.63) is 23.0 Å². The Labute approximate surface area is 116 Å². The van der Waals surface area contributed by atoms with Gasteiger partial charge in [0.25, 0.3) is 5.91 Å². The molecule has 6 nitrogen and oxygen atoms in total. The van der Waals surface area contributed by atoms with Crippen LogP contribution in [0.4, 0.5) is 0 Å². The Balaban J connectivity index is 2.13. The van der Waals surface area contributed by atoms with Crippen LogP contribution in [0.3, 0.4) is 0 Å². The maximum Gasteiger partial charge on any atom is 0.268 e.